The van der Waals surface area contributed by atoms with Crippen molar-refractivity contribution in [2.24, 2.45) is 0 Å². The summed E-state index contributed by atoms with van der Waals surface area (Å²) >= 11 is 5.87. The molecule has 1 atom stereocenters. The van der Waals surface area contributed by atoms with Gasteiger partial charge in [0.2, 0.25) is 0 Å². The van der Waals surface area contributed by atoms with E-state index in [1.165, 1.54) is 4.90 Å². The van der Waals surface area contributed by atoms with Gasteiger partial charge in [-0.15, -0.1) is 0 Å². The van der Waals surface area contributed by atoms with Crippen molar-refractivity contribution in [1.82, 2.24) is 10.2 Å². The van der Waals surface area contributed by atoms with E-state index in [-0.39, 0.29) is 6.03 Å². The van der Waals surface area contributed by atoms with Crippen LogP contribution < -0.4 is 5.32 Å². The van der Waals surface area contributed by atoms with Gasteiger partial charge >= 0.3 is 6.03 Å². The molecule has 0 fully saturated rings. The van der Waals surface area contributed by atoms with Crippen molar-refractivity contribution in [3.8, 4) is 0 Å². The van der Waals surface area contributed by atoms with Gasteiger partial charge in [-0.3, -0.25) is 0 Å². The van der Waals surface area contributed by atoms with Crippen molar-refractivity contribution in [3.63, 3.8) is 0 Å². The number of rotatable bonds is 5. The van der Waals surface area contributed by atoms with Crippen molar-refractivity contribution >= 4 is 17.6 Å². The van der Waals surface area contributed by atoms with E-state index in [1.807, 2.05) is 24.3 Å². The maximum Gasteiger partial charge on any atom is 0.317 e. The zero-order chi connectivity index (χ0) is 13.5. The standard InChI is InChI=1S/C13H19ClN2O2/c1-10(17)9-16(2)13(18)15-7-6-11-4-3-5-12(14)8-11/h3-5,8,10,17H,6-7,9H2,1-2H3,(H,15,18). The third-order valence-electron chi connectivity index (χ3n) is 2.46. The summed E-state index contributed by atoms with van der Waals surface area (Å²) in [7, 11) is 1.65. The number of urea groups is 1. The van der Waals surface area contributed by atoms with Gasteiger partial charge in [0.15, 0.2) is 0 Å². The van der Waals surface area contributed by atoms with Crippen molar-refractivity contribution in [3.05, 3.63) is 34.9 Å². The van der Waals surface area contributed by atoms with Gasteiger partial charge in [0.1, 0.15) is 0 Å². The first-order chi connectivity index (χ1) is 8.49. The molecule has 2 N–H and O–H groups in total. The van der Waals surface area contributed by atoms with Crippen molar-refractivity contribution in [2.45, 2.75) is 19.4 Å². The molecule has 100 valence electrons. The van der Waals surface area contributed by atoms with E-state index < -0.39 is 6.10 Å². The van der Waals surface area contributed by atoms with Gasteiger partial charge < -0.3 is 15.3 Å². The molecule has 0 bridgehead atoms. The topological polar surface area (TPSA) is 52.6 Å². The summed E-state index contributed by atoms with van der Waals surface area (Å²) in [5.41, 5.74) is 1.08. The number of nitrogens with zero attached hydrogens (tertiary/aromatic N) is 1. The Morgan fingerprint density at radius 1 is 1.56 bits per heavy atom. The molecule has 0 aromatic heterocycles. The molecule has 0 saturated heterocycles. The van der Waals surface area contributed by atoms with Crippen LogP contribution in [0.1, 0.15) is 12.5 Å². The number of likely N-dealkylation sites (N-methyl/N-ethyl adjacent to an activating group) is 1. The van der Waals surface area contributed by atoms with Crippen LogP contribution >= 0.6 is 11.6 Å². The van der Waals surface area contributed by atoms with Crippen LogP contribution in [0.15, 0.2) is 24.3 Å². The van der Waals surface area contributed by atoms with E-state index in [4.69, 9.17) is 16.7 Å². The smallest absolute Gasteiger partial charge is 0.317 e. The molecule has 5 heteroatoms. The van der Waals surface area contributed by atoms with Gasteiger partial charge in [0.25, 0.3) is 0 Å². The highest BCUT2D eigenvalue weighted by molar-refractivity contribution is 6.30. The Kier molecular flexibility index (Phi) is 5.95. The summed E-state index contributed by atoms with van der Waals surface area (Å²) < 4.78 is 0. The van der Waals surface area contributed by atoms with Crippen LogP contribution in [-0.4, -0.2) is 42.3 Å². The quantitative estimate of drug-likeness (QED) is 0.859. The van der Waals surface area contributed by atoms with Gasteiger partial charge in [-0.05, 0) is 31.0 Å². The van der Waals surface area contributed by atoms with Crippen molar-refractivity contribution in [1.29, 1.82) is 0 Å². The Balaban J connectivity index is 2.31. The van der Waals surface area contributed by atoms with Gasteiger partial charge in [-0.2, -0.15) is 0 Å². The van der Waals surface area contributed by atoms with Crippen LogP contribution in [0.4, 0.5) is 4.79 Å². The maximum absolute atomic E-state index is 11.6. The molecule has 0 radical (unpaired) electrons. The van der Waals surface area contributed by atoms with E-state index in [0.717, 1.165) is 12.0 Å². The monoisotopic (exact) mass is 270 g/mol. The number of aliphatic hydroxyl groups excluding tert-OH is 1. The van der Waals surface area contributed by atoms with Crippen LogP contribution in [-0.2, 0) is 6.42 Å². The zero-order valence-corrected chi connectivity index (χ0v) is 11.4. The molecule has 0 spiro atoms. The van der Waals surface area contributed by atoms with Gasteiger partial charge in [0, 0.05) is 25.2 Å². The third kappa shape index (κ3) is 5.38. The molecule has 1 aromatic rings. The average Bonchev–Trinajstić information content (AvgIpc) is 2.28. The van der Waals surface area contributed by atoms with E-state index in [2.05, 4.69) is 5.32 Å². The lowest BCUT2D eigenvalue weighted by molar-refractivity contribution is 0.144. The molecule has 18 heavy (non-hydrogen) atoms. The summed E-state index contributed by atoms with van der Waals surface area (Å²) in [4.78, 5) is 13.1. The van der Waals surface area contributed by atoms with E-state index in [0.29, 0.717) is 18.1 Å². The van der Waals surface area contributed by atoms with E-state index >= 15 is 0 Å². The third-order valence-corrected chi connectivity index (χ3v) is 2.70. The fourth-order valence-corrected chi connectivity index (χ4v) is 1.83. The van der Waals surface area contributed by atoms with Gasteiger partial charge in [0.05, 0.1) is 6.10 Å². The molecule has 1 unspecified atom stereocenters. The Bertz CT molecular complexity index is 396. The SMILES string of the molecule is CC(O)CN(C)C(=O)NCCc1cccc(Cl)c1. The fraction of sp³-hybridized carbons (Fsp3) is 0.462. The van der Waals surface area contributed by atoms with Crippen molar-refractivity contribution in [2.75, 3.05) is 20.1 Å². The lowest BCUT2D eigenvalue weighted by Crippen LogP contribution is -2.41. The Hall–Kier alpha value is -1.26. The molecule has 2 amide bonds. The first-order valence-corrected chi connectivity index (χ1v) is 6.28. The number of carbonyl (C=O) groups excluding carboxylic acids is 1. The predicted molar refractivity (Wildman–Crippen MR) is 72.9 cm³/mol. The molecule has 0 heterocycles. The summed E-state index contributed by atoms with van der Waals surface area (Å²) in [6.07, 6.45) is 0.211. The molecule has 0 saturated carbocycles. The number of aliphatic hydroxyl groups is 1. The van der Waals surface area contributed by atoms with Crippen LogP contribution in [0, 0.1) is 0 Å². The molecule has 0 aliphatic heterocycles. The lowest BCUT2D eigenvalue weighted by atomic mass is 10.1. The lowest BCUT2D eigenvalue weighted by Gasteiger charge is -2.19. The molecule has 0 aliphatic carbocycles. The Morgan fingerprint density at radius 3 is 2.89 bits per heavy atom. The molecular formula is C13H19ClN2O2. The molecule has 1 rings (SSSR count). The van der Waals surface area contributed by atoms with Crippen LogP contribution in [0.2, 0.25) is 5.02 Å². The number of nitrogens with one attached hydrogen (secondary N) is 1. The Morgan fingerprint density at radius 2 is 2.28 bits per heavy atom. The minimum absolute atomic E-state index is 0.182. The Labute approximate surface area is 113 Å². The molecular weight excluding hydrogens is 252 g/mol. The first-order valence-electron chi connectivity index (χ1n) is 5.90. The van der Waals surface area contributed by atoms with Gasteiger partial charge in [-0.25, -0.2) is 4.79 Å². The fourth-order valence-electron chi connectivity index (χ4n) is 1.62. The number of amides is 2. The normalized spacial score (nSPS) is 12.0. The molecule has 0 aliphatic rings. The highest BCUT2D eigenvalue weighted by Crippen LogP contribution is 2.10. The average molecular weight is 271 g/mol. The number of hydrogen-bond donors (Lipinski definition) is 2. The number of halogens is 1. The number of carbonyl (C=O) groups is 1. The van der Waals surface area contributed by atoms with Crippen LogP contribution in [0.5, 0.6) is 0 Å². The predicted octanol–water partition coefficient (Wildman–Crippen LogP) is 1.90. The second-order valence-corrected chi connectivity index (χ2v) is 4.78. The highest BCUT2D eigenvalue weighted by Gasteiger charge is 2.09. The summed E-state index contributed by atoms with van der Waals surface area (Å²) in [6, 6.07) is 7.38. The number of benzene rings is 1. The number of hydrogen-bond acceptors (Lipinski definition) is 2. The van der Waals surface area contributed by atoms with Crippen LogP contribution in [0.25, 0.3) is 0 Å². The maximum atomic E-state index is 11.6. The van der Waals surface area contributed by atoms with Gasteiger partial charge in [-0.1, -0.05) is 23.7 Å². The second kappa shape index (κ2) is 7.24. The molecule has 4 nitrogen and oxygen atoms in total. The summed E-state index contributed by atoms with van der Waals surface area (Å²) in [5.74, 6) is 0. The second-order valence-electron chi connectivity index (χ2n) is 4.34. The molecule has 1 aromatic carbocycles. The minimum atomic E-state index is -0.520. The van der Waals surface area contributed by atoms with Crippen molar-refractivity contribution < 1.29 is 9.90 Å². The highest BCUT2D eigenvalue weighted by atomic mass is 35.5. The zero-order valence-electron chi connectivity index (χ0n) is 10.7. The first kappa shape index (κ1) is 14.8. The summed E-state index contributed by atoms with van der Waals surface area (Å²) in [5, 5.41) is 12.7. The van der Waals surface area contributed by atoms with Crippen LogP contribution in [0.3, 0.4) is 0 Å². The largest absolute Gasteiger partial charge is 0.392 e. The minimum Gasteiger partial charge on any atom is -0.392 e. The summed E-state index contributed by atoms with van der Waals surface area (Å²) in [6.45, 7) is 2.52. The van der Waals surface area contributed by atoms with E-state index in [1.54, 1.807) is 14.0 Å². The van der Waals surface area contributed by atoms with E-state index in [9.17, 15) is 4.79 Å².